The third kappa shape index (κ3) is 2.83. The van der Waals surface area contributed by atoms with Crippen molar-refractivity contribution in [3.8, 4) is 0 Å². The second-order valence-corrected chi connectivity index (χ2v) is 6.20. The maximum absolute atomic E-state index is 12.1. The molecule has 2 nitrogen and oxygen atoms in total. The standard InChI is InChI=1S/C14H19NOS/c1-9(2)10(3)15-14(16)13-8-11-6-4-5-7-12(11)17-13/h4-7,9-10,13H,8H2,1-3H3,(H,15,16)/t10-,13-/m1/s1. The molecule has 0 aliphatic carbocycles. The number of fused-ring (bicyclic) bond motifs is 1. The van der Waals surface area contributed by atoms with Crippen molar-refractivity contribution in [2.24, 2.45) is 5.92 Å². The molecule has 1 aromatic rings. The van der Waals surface area contributed by atoms with Crippen LogP contribution in [0.5, 0.6) is 0 Å². The summed E-state index contributed by atoms with van der Waals surface area (Å²) < 4.78 is 0. The number of carbonyl (C=O) groups excluding carboxylic acids is 1. The summed E-state index contributed by atoms with van der Waals surface area (Å²) in [5.74, 6) is 0.653. The van der Waals surface area contributed by atoms with Gasteiger partial charge in [-0.1, -0.05) is 32.0 Å². The largest absolute Gasteiger partial charge is 0.352 e. The van der Waals surface area contributed by atoms with E-state index in [1.807, 2.05) is 12.1 Å². The van der Waals surface area contributed by atoms with Crippen molar-refractivity contribution in [3.05, 3.63) is 29.8 Å². The summed E-state index contributed by atoms with van der Waals surface area (Å²) in [6.45, 7) is 6.32. The lowest BCUT2D eigenvalue weighted by atomic mass is 10.1. The van der Waals surface area contributed by atoms with Gasteiger partial charge in [-0.2, -0.15) is 0 Å². The van der Waals surface area contributed by atoms with E-state index in [1.165, 1.54) is 10.5 Å². The fourth-order valence-electron chi connectivity index (χ4n) is 1.81. The smallest absolute Gasteiger partial charge is 0.234 e. The number of amides is 1. The van der Waals surface area contributed by atoms with Gasteiger partial charge in [0.15, 0.2) is 0 Å². The third-order valence-corrected chi connectivity index (χ3v) is 4.63. The zero-order chi connectivity index (χ0) is 12.4. The molecule has 0 fully saturated rings. The molecular weight excluding hydrogens is 230 g/mol. The van der Waals surface area contributed by atoms with Crippen molar-refractivity contribution < 1.29 is 4.79 Å². The topological polar surface area (TPSA) is 29.1 Å². The number of thioether (sulfide) groups is 1. The van der Waals surface area contributed by atoms with Crippen LogP contribution in [0.4, 0.5) is 0 Å². The predicted octanol–water partition coefficient (Wildman–Crippen LogP) is 2.86. The van der Waals surface area contributed by atoms with E-state index in [-0.39, 0.29) is 17.2 Å². The van der Waals surface area contributed by atoms with E-state index < -0.39 is 0 Å². The van der Waals surface area contributed by atoms with Gasteiger partial charge in [0, 0.05) is 10.9 Å². The lowest BCUT2D eigenvalue weighted by Gasteiger charge is -2.19. The minimum Gasteiger partial charge on any atom is -0.352 e. The Kier molecular flexibility index (Phi) is 3.77. The number of rotatable bonds is 3. The summed E-state index contributed by atoms with van der Waals surface area (Å²) in [6.07, 6.45) is 0.859. The van der Waals surface area contributed by atoms with Gasteiger partial charge in [0.25, 0.3) is 0 Å². The summed E-state index contributed by atoms with van der Waals surface area (Å²) in [4.78, 5) is 13.4. The molecule has 1 aromatic carbocycles. The molecule has 0 aromatic heterocycles. The third-order valence-electron chi connectivity index (χ3n) is 3.31. The van der Waals surface area contributed by atoms with Crippen LogP contribution in [-0.2, 0) is 11.2 Å². The number of nitrogens with one attached hydrogen (secondary N) is 1. The number of benzene rings is 1. The lowest BCUT2D eigenvalue weighted by molar-refractivity contribution is -0.121. The number of hydrogen-bond donors (Lipinski definition) is 1. The SMILES string of the molecule is CC(C)[C@@H](C)NC(=O)[C@H]1Cc2ccccc2S1. The van der Waals surface area contributed by atoms with E-state index in [2.05, 4.69) is 38.2 Å². The van der Waals surface area contributed by atoms with Crippen LogP contribution in [0.1, 0.15) is 26.3 Å². The molecule has 0 radical (unpaired) electrons. The summed E-state index contributed by atoms with van der Waals surface area (Å²) in [7, 11) is 0. The number of carbonyl (C=O) groups is 1. The van der Waals surface area contributed by atoms with Crippen molar-refractivity contribution in [3.63, 3.8) is 0 Å². The maximum Gasteiger partial charge on any atom is 0.234 e. The molecule has 0 bridgehead atoms. The fraction of sp³-hybridized carbons (Fsp3) is 0.500. The molecule has 17 heavy (non-hydrogen) atoms. The average molecular weight is 249 g/mol. The molecule has 2 rings (SSSR count). The molecule has 1 aliphatic rings. The first-order chi connectivity index (χ1) is 8.08. The first-order valence-corrected chi connectivity index (χ1v) is 7.01. The Labute approximate surface area is 107 Å². The minimum absolute atomic E-state index is 0.0496. The van der Waals surface area contributed by atoms with Gasteiger partial charge in [0.2, 0.25) is 5.91 Å². The Morgan fingerprint density at radius 1 is 1.35 bits per heavy atom. The van der Waals surface area contributed by atoms with E-state index in [9.17, 15) is 4.79 Å². The van der Waals surface area contributed by atoms with Gasteiger partial charge < -0.3 is 5.32 Å². The van der Waals surface area contributed by atoms with Gasteiger partial charge >= 0.3 is 0 Å². The Morgan fingerprint density at radius 2 is 2.06 bits per heavy atom. The zero-order valence-electron chi connectivity index (χ0n) is 10.6. The number of hydrogen-bond acceptors (Lipinski definition) is 2. The monoisotopic (exact) mass is 249 g/mol. The summed E-state index contributed by atoms with van der Waals surface area (Å²) in [5.41, 5.74) is 1.30. The van der Waals surface area contributed by atoms with Crippen LogP contribution in [-0.4, -0.2) is 17.2 Å². The molecule has 1 N–H and O–H groups in total. The van der Waals surface area contributed by atoms with Crippen molar-refractivity contribution in [2.45, 2.75) is 43.4 Å². The predicted molar refractivity (Wildman–Crippen MR) is 72.2 cm³/mol. The highest BCUT2D eigenvalue weighted by Gasteiger charge is 2.28. The average Bonchev–Trinajstić information content (AvgIpc) is 2.72. The van der Waals surface area contributed by atoms with Crippen LogP contribution in [0.2, 0.25) is 0 Å². The lowest BCUT2D eigenvalue weighted by Crippen LogP contribution is -2.41. The minimum atomic E-state index is 0.0496. The molecule has 1 heterocycles. The van der Waals surface area contributed by atoms with E-state index in [1.54, 1.807) is 11.8 Å². The Hall–Kier alpha value is -0.960. The molecule has 0 saturated carbocycles. The van der Waals surface area contributed by atoms with E-state index in [0.717, 1.165) is 6.42 Å². The molecule has 0 unspecified atom stereocenters. The second kappa shape index (κ2) is 5.13. The first-order valence-electron chi connectivity index (χ1n) is 6.13. The Bertz CT molecular complexity index is 391. The van der Waals surface area contributed by atoms with Gasteiger partial charge in [-0.15, -0.1) is 11.8 Å². The quantitative estimate of drug-likeness (QED) is 0.892. The van der Waals surface area contributed by atoms with E-state index in [0.29, 0.717) is 5.92 Å². The van der Waals surface area contributed by atoms with Crippen LogP contribution in [0, 0.1) is 5.92 Å². The second-order valence-electron chi connectivity index (χ2n) is 4.96. The Balaban J connectivity index is 1.97. The highest BCUT2D eigenvalue weighted by atomic mass is 32.2. The molecule has 0 spiro atoms. The van der Waals surface area contributed by atoms with Crippen LogP contribution in [0.15, 0.2) is 29.2 Å². The van der Waals surface area contributed by atoms with Crippen molar-refractivity contribution in [1.29, 1.82) is 0 Å². The molecule has 3 heteroatoms. The van der Waals surface area contributed by atoms with Gasteiger partial charge in [-0.3, -0.25) is 4.79 Å². The van der Waals surface area contributed by atoms with Crippen LogP contribution >= 0.6 is 11.8 Å². The Morgan fingerprint density at radius 3 is 2.71 bits per heavy atom. The summed E-state index contributed by atoms with van der Waals surface area (Å²) in [5, 5.41) is 3.15. The molecule has 1 amide bonds. The van der Waals surface area contributed by atoms with E-state index >= 15 is 0 Å². The maximum atomic E-state index is 12.1. The van der Waals surface area contributed by atoms with E-state index in [4.69, 9.17) is 0 Å². The summed E-state index contributed by atoms with van der Waals surface area (Å²) in [6, 6.07) is 8.52. The molecule has 2 atom stereocenters. The molecule has 0 saturated heterocycles. The van der Waals surface area contributed by atoms with Crippen molar-refractivity contribution in [2.75, 3.05) is 0 Å². The van der Waals surface area contributed by atoms with Gasteiger partial charge in [0.1, 0.15) is 0 Å². The zero-order valence-corrected chi connectivity index (χ0v) is 11.4. The molecular formula is C14H19NOS. The van der Waals surface area contributed by atoms with Crippen LogP contribution in [0.3, 0.4) is 0 Å². The fourth-order valence-corrected chi connectivity index (χ4v) is 3.02. The normalized spacial score (nSPS) is 20.1. The van der Waals surface area contributed by atoms with Gasteiger partial charge in [-0.05, 0) is 30.9 Å². The molecule has 1 aliphatic heterocycles. The highest BCUT2D eigenvalue weighted by Crippen LogP contribution is 2.36. The molecule has 92 valence electrons. The first kappa shape index (κ1) is 12.5. The summed E-state index contributed by atoms with van der Waals surface area (Å²) >= 11 is 1.69. The van der Waals surface area contributed by atoms with Crippen molar-refractivity contribution >= 4 is 17.7 Å². The highest BCUT2D eigenvalue weighted by molar-refractivity contribution is 8.01. The van der Waals surface area contributed by atoms with Gasteiger partial charge in [0.05, 0.1) is 5.25 Å². The van der Waals surface area contributed by atoms with Gasteiger partial charge in [-0.25, -0.2) is 0 Å². The van der Waals surface area contributed by atoms with Crippen LogP contribution in [0.25, 0.3) is 0 Å². The van der Waals surface area contributed by atoms with Crippen LogP contribution < -0.4 is 5.32 Å². The van der Waals surface area contributed by atoms with Crippen molar-refractivity contribution in [1.82, 2.24) is 5.32 Å².